The van der Waals surface area contributed by atoms with Crippen molar-refractivity contribution < 1.29 is 18.9 Å². The molecule has 2 N–H and O–H groups in total. The number of anilines is 1. The molecule has 1 rings (SSSR count). The molecule has 8 heteroatoms. The zero-order chi connectivity index (χ0) is 18.4. The van der Waals surface area contributed by atoms with Crippen molar-refractivity contribution in [3.63, 3.8) is 0 Å². The van der Waals surface area contributed by atoms with E-state index in [1.54, 1.807) is 24.3 Å². The average Bonchev–Trinajstić information content (AvgIpc) is 2.46. The van der Waals surface area contributed by atoms with Crippen molar-refractivity contribution in [2.24, 2.45) is 0 Å². The summed E-state index contributed by atoms with van der Waals surface area (Å²) in [5, 5.41) is 2.64. The van der Waals surface area contributed by atoms with E-state index in [-0.39, 0.29) is 18.1 Å². The van der Waals surface area contributed by atoms with Gasteiger partial charge in [0, 0.05) is 16.8 Å². The molecule has 0 heterocycles. The number of carbonyl (C=O) groups excluding carboxylic acids is 2. The number of hydrogen-bond acceptors (Lipinski definition) is 4. The quantitative estimate of drug-likeness (QED) is 0.549. The minimum atomic E-state index is -1.88. The van der Waals surface area contributed by atoms with Gasteiger partial charge in [0.25, 0.3) is 0 Å². The first-order valence-corrected chi connectivity index (χ1v) is 11.4. The molecule has 0 aliphatic rings. The van der Waals surface area contributed by atoms with Gasteiger partial charge in [0.2, 0.25) is 0 Å². The van der Waals surface area contributed by atoms with Crippen LogP contribution in [0.5, 0.6) is 0 Å². The Balaban J connectivity index is 2.28. The Kier molecular flexibility index (Phi) is 7.44. The van der Waals surface area contributed by atoms with Crippen LogP contribution in [0.4, 0.5) is 10.5 Å². The first-order valence-electron chi connectivity index (χ1n) is 7.67. The monoisotopic (exact) mass is 416 g/mol. The molecule has 1 aromatic rings. The zero-order valence-corrected chi connectivity index (χ0v) is 17.3. The standard InChI is InChI=1S/C16H25BrN2O4Si/c1-16(2,3)24(4,5)22-11-10-14(20)23-19-15(21)18-13-8-6-12(17)7-9-13/h6-9H,10-11H2,1-5H3,(H2,18,19,21). The van der Waals surface area contributed by atoms with Crippen LogP contribution in [0.3, 0.4) is 0 Å². The third kappa shape index (κ3) is 7.02. The molecule has 0 atom stereocenters. The highest BCUT2D eigenvalue weighted by Gasteiger charge is 2.37. The topological polar surface area (TPSA) is 76.7 Å². The molecule has 0 unspecified atom stereocenters. The van der Waals surface area contributed by atoms with Gasteiger partial charge in [-0.3, -0.25) is 0 Å². The number of nitrogens with one attached hydrogen (secondary N) is 2. The lowest BCUT2D eigenvalue weighted by molar-refractivity contribution is -0.149. The minimum absolute atomic E-state index is 0.0831. The van der Waals surface area contributed by atoms with E-state index in [0.29, 0.717) is 5.69 Å². The molecule has 0 aliphatic carbocycles. The van der Waals surface area contributed by atoms with Gasteiger partial charge in [-0.1, -0.05) is 36.7 Å². The highest BCUT2D eigenvalue weighted by atomic mass is 79.9. The second-order valence-corrected chi connectivity index (χ2v) is 12.6. The highest BCUT2D eigenvalue weighted by Crippen LogP contribution is 2.36. The van der Waals surface area contributed by atoms with Gasteiger partial charge >= 0.3 is 12.0 Å². The summed E-state index contributed by atoms with van der Waals surface area (Å²) in [6.07, 6.45) is 0.0884. The predicted octanol–water partition coefficient (Wildman–Crippen LogP) is 4.44. The molecular weight excluding hydrogens is 392 g/mol. The number of carbonyl (C=O) groups is 2. The first-order chi connectivity index (χ1) is 11.0. The van der Waals surface area contributed by atoms with Crippen molar-refractivity contribution in [3.8, 4) is 0 Å². The van der Waals surface area contributed by atoms with Gasteiger partial charge in [0.05, 0.1) is 6.42 Å². The van der Waals surface area contributed by atoms with Crippen LogP contribution in [-0.4, -0.2) is 26.9 Å². The second kappa shape index (κ2) is 8.64. The van der Waals surface area contributed by atoms with Crippen LogP contribution in [0.2, 0.25) is 18.1 Å². The molecule has 2 amide bonds. The molecule has 0 aliphatic heterocycles. The third-order valence-corrected chi connectivity index (χ3v) is 9.00. The summed E-state index contributed by atoms with van der Waals surface area (Å²) in [5.74, 6) is -0.542. The molecule has 0 aromatic heterocycles. The van der Waals surface area contributed by atoms with E-state index < -0.39 is 20.3 Å². The number of benzene rings is 1. The van der Waals surface area contributed by atoms with Crippen molar-refractivity contribution in [2.45, 2.75) is 45.3 Å². The Morgan fingerprint density at radius 1 is 1.17 bits per heavy atom. The van der Waals surface area contributed by atoms with Gasteiger partial charge in [-0.25, -0.2) is 9.59 Å². The van der Waals surface area contributed by atoms with Crippen molar-refractivity contribution in [2.75, 3.05) is 11.9 Å². The van der Waals surface area contributed by atoms with Crippen LogP contribution < -0.4 is 10.8 Å². The molecule has 134 valence electrons. The van der Waals surface area contributed by atoms with E-state index >= 15 is 0 Å². The molecule has 6 nitrogen and oxygen atoms in total. The number of urea groups is 1. The Bertz CT molecular complexity index is 570. The smallest absolute Gasteiger partial charge is 0.352 e. The van der Waals surface area contributed by atoms with Crippen LogP contribution in [0, 0.1) is 0 Å². The van der Waals surface area contributed by atoms with Crippen LogP contribution >= 0.6 is 15.9 Å². The van der Waals surface area contributed by atoms with Crippen molar-refractivity contribution >= 4 is 41.9 Å². The highest BCUT2D eigenvalue weighted by molar-refractivity contribution is 9.10. The van der Waals surface area contributed by atoms with Gasteiger partial charge in [-0.2, -0.15) is 5.48 Å². The Morgan fingerprint density at radius 2 is 1.75 bits per heavy atom. The molecule has 24 heavy (non-hydrogen) atoms. The zero-order valence-electron chi connectivity index (χ0n) is 14.7. The SMILES string of the molecule is CC(C)(C)[Si](C)(C)OCCC(=O)ONC(=O)Nc1ccc(Br)cc1. The van der Waals surface area contributed by atoms with Crippen molar-refractivity contribution in [3.05, 3.63) is 28.7 Å². The van der Waals surface area contributed by atoms with Gasteiger partial charge in [0.1, 0.15) is 0 Å². The molecule has 0 bridgehead atoms. The van der Waals surface area contributed by atoms with Gasteiger partial charge in [0.15, 0.2) is 8.32 Å². The number of hydrogen-bond donors (Lipinski definition) is 2. The van der Waals surface area contributed by atoms with E-state index in [0.717, 1.165) is 4.47 Å². The molecule has 0 saturated heterocycles. The predicted molar refractivity (Wildman–Crippen MR) is 100 cm³/mol. The summed E-state index contributed by atoms with van der Waals surface area (Å²) in [5.41, 5.74) is 2.66. The summed E-state index contributed by atoms with van der Waals surface area (Å²) in [6, 6.07) is 6.41. The lowest BCUT2D eigenvalue weighted by Crippen LogP contribution is -2.41. The summed E-state index contributed by atoms with van der Waals surface area (Å²) in [6.45, 7) is 10.9. The van der Waals surface area contributed by atoms with E-state index in [1.807, 2.05) is 0 Å². The molecular formula is C16H25BrN2O4Si. The summed E-state index contributed by atoms with van der Waals surface area (Å²) >= 11 is 3.30. The van der Waals surface area contributed by atoms with E-state index in [1.165, 1.54) is 0 Å². The van der Waals surface area contributed by atoms with Gasteiger partial charge in [-0.15, -0.1) is 0 Å². The van der Waals surface area contributed by atoms with Gasteiger partial charge in [-0.05, 0) is 42.4 Å². The Morgan fingerprint density at radius 3 is 2.29 bits per heavy atom. The number of halogens is 1. The molecule has 0 saturated carbocycles. The average molecular weight is 417 g/mol. The lowest BCUT2D eigenvalue weighted by atomic mass is 10.2. The number of amides is 2. The van der Waals surface area contributed by atoms with Crippen LogP contribution in [0.25, 0.3) is 0 Å². The fraction of sp³-hybridized carbons (Fsp3) is 0.500. The summed E-state index contributed by atoms with van der Waals surface area (Å²) in [7, 11) is -1.88. The van der Waals surface area contributed by atoms with Crippen molar-refractivity contribution in [1.29, 1.82) is 0 Å². The lowest BCUT2D eigenvalue weighted by Gasteiger charge is -2.36. The van der Waals surface area contributed by atoms with Crippen LogP contribution in [0.15, 0.2) is 28.7 Å². The molecule has 0 fully saturated rings. The van der Waals surface area contributed by atoms with E-state index in [9.17, 15) is 9.59 Å². The van der Waals surface area contributed by atoms with Crippen LogP contribution in [-0.2, 0) is 14.1 Å². The Labute approximate surface area is 152 Å². The Hall–Kier alpha value is -1.38. The first kappa shape index (κ1) is 20.7. The fourth-order valence-electron chi connectivity index (χ4n) is 1.45. The van der Waals surface area contributed by atoms with E-state index in [4.69, 9.17) is 9.26 Å². The maximum atomic E-state index is 11.6. The maximum Gasteiger partial charge on any atom is 0.352 e. The number of rotatable bonds is 5. The second-order valence-electron chi connectivity index (χ2n) is 6.90. The fourth-order valence-corrected chi connectivity index (χ4v) is 2.76. The minimum Gasteiger partial charge on any atom is -0.416 e. The molecule has 0 radical (unpaired) electrons. The summed E-state index contributed by atoms with van der Waals surface area (Å²) in [4.78, 5) is 28.0. The third-order valence-electron chi connectivity index (χ3n) is 3.93. The normalized spacial score (nSPS) is 11.8. The van der Waals surface area contributed by atoms with Gasteiger partial charge < -0.3 is 14.6 Å². The van der Waals surface area contributed by atoms with Crippen LogP contribution in [0.1, 0.15) is 27.2 Å². The summed E-state index contributed by atoms with van der Waals surface area (Å²) < 4.78 is 6.79. The molecule has 1 aromatic carbocycles. The largest absolute Gasteiger partial charge is 0.416 e. The molecule has 0 spiro atoms. The van der Waals surface area contributed by atoms with E-state index in [2.05, 4.69) is 60.6 Å². The maximum absolute atomic E-state index is 11.6. The van der Waals surface area contributed by atoms with Crippen molar-refractivity contribution in [1.82, 2.24) is 5.48 Å². The number of hydroxylamine groups is 1.